The first-order valence-corrected chi connectivity index (χ1v) is 40.5. The lowest BCUT2D eigenvalue weighted by atomic mass is 9.98. The number of fused-ring (bicyclic) bond motifs is 6. The predicted molar refractivity (Wildman–Crippen MR) is 576 cm³/mol. The van der Waals surface area contributed by atoms with Crippen LogP contribution in [-0.2, 0) is 0 Å². The van der Waals surface area contributed by atoms with E-state index in [1.54, 1.807) is 18.2 Å². The lowest BCUT2D eigenvalue weighted by Gasteiger charge is -2.26. The van der Waals surface area contributed by atoms with Gasteiger partial charge in [-0.05, 0) is 255 Å². The lowest BCUT2D eigenvalue weighted by Crippen LogP contribution is -2.09. The summed E-state index contributed by atoms with van der Waals surface area (Å²) in [4.78, 5) is 0.517. The largest absolute Gasteiger partial charge is 0.311 e. The summed E-state index contributed by atoms with van der Waals surface area (Å²) in [5.74, 6) is 0. The zero-order chi connectivity index (χ0) is 157. The minimum atomic E-state index is -1.54. The van der Waals surface area contributed by atoms with E-state index in [2.05, 4.69) is 0 Å². The fourth-order valence-corrected chi connectivity index (χ4v) is 14.6. The van der Waals surface area contributed by atoms with Crippen LogP contribution in [0.4, 0.5) is 34.1 Å². The Balaban J connectivity index is 0.000000218. The van der Waals surface area contributed by atoms with Crippen LogP contribution in [0.25, 0.3) is 189 Å². The fourth-order valence-electron chi connectivity index (χ4n) is 14.6. The summed E-state index contributed by atoms with van der Waals surface area (Å²) in [6.07, 6.45) is 0. The number of hydrogen-bond donors (Lipinski definition) is 0. The monoisotopic (exact) mass is 1810 g/mol. The van der Waals surface area contributed by atoms with Crippen molar-refractivity contribution in [2.24, 2.45) is 0 Å². The maximum absolute atomic E-state index is 10.0. The third kappa shape index (κ3) is 16.6. The van der Waals surface area contributed by atoms with Crippen molar-refractivity contribution in [3.63, 3.8) is 0 Å². The molecule has 640 valence electrons. The molecule has 136 heavy (non-hydrogen) atoms. The second-order valence-electron chi connectivity index (χ2n) is 28.7. The Labute approximate surface area is 900 Å². The van der Waals surface area contributed by atoms with Crippen LogP contribution in [-0.4, -0.2) is 9.13 Å². The Morgan fingerprint density at radius 2 is 0.449 bits per heavy atom. The van der Waals surface area contributed by atoms with E-state index in [9.17, 15) is 50.7 Å². The molecule has 0 aliphatic heterocycles. The van der Waals surface area contributed by atoms with Gasteiger partial charge in [0, 0.05) is 66.8 Å². The van der Waals surface area contributed by atoms with Crippen LogP contribution in [0.3, 0.4) is 0 Å². The van der Waals surface area contributed by atoms with Crippen molar-refractivity contribution in [1.29, 1.82) is 0 Å². The first kappa shape index (κ1) is 34.6. The third-order valence-electron chi connectivity index (χ3n) is 20.8. The molecule has 2 heterocycles. The third-order valence-corrected chi connectivity index (χ3v) is 20.8. The van der Waals surface area contributed by atoms with E-state index in [0.29, 0.717) is 20.4 Å². The Bertz CT molecular complexity index is 13100. The number of hydrogen-bond acceptors (Lipinski definition) is 2. The van der Waals surface area contributed by atoms with Crippen molar-refractivity contribution in [1.82, 2.24) is 9.13 Å². The first-order chi connectivity index (χ1) is 99.1. The number of benzene rings is 22. The van der Waals surface area contributed by atoms with E-state index in [4.69, 9.17) is 53.5 Å². The molecular formula is C132H92N4. The Morgan fingerprint density at radius 1 is 0.147 bits per heavy atom. The van der Waals surface area contributed by atoms with Crippen molar-refractivity contribution in [2.75, 3.05) is 9.80 Å². The molecule has 0 aliphatic carbocycles. The summed E-state index contributed by atoms with van der Waals surface area (Å²) in [6.45, 7) is 0. The highest BCUT2D eigenvalue weighted by Gasteiger charge is 2.23. The SMILES string of the molecule is [2H]c1c([2H])c([2H])c(-c2c([2H])c([2H])c(-c3c([2H])c([2H])c(N(c4c([2H])c([2H])c(-c5c([2H])c([2H])c([2H])c(-c6c([2H])c([2H])c([2H])c([2H])c6[2H])c5[2H])c([2H])c4[2H])c4c([2H])c([2H])c(-c5c([2H])c([2H])c6c(c5[2H])c5c([2H])c([2H])c([2H])c([2H])c5n6-c5c([2H])c([2H])c([2H])c([2H])c5-c5c([2H])c([2H])c([2H])c([2H])c5[2H])c([2H])c4[2H])c([2H])c3[2H])c([2H])c2[2H])c([2H])c1[2H].[2H]c1c([2H])c([2H])c(-c2c([2H])c([2H])c(-c3c([2H])c([2H])c(N(c4c([2H])c([2H])c(-c5ccc6c(c5)c5ccccc5n6-c5ccccc5-c5ccccc5)c([2H])c4[2H])c4c([2H])c([2H])c(-c5c([2H])c([2H])c([2H])c(-c6c([2H])c([2H])c([2H])c([2H])c6[2H])c5[2H])c([2H])c4[2H])c([2H])c3[2H])c([2H])c2[2H])c([2H])c1[2H]. The predicted octanol–water partition coefficient (Wildman–Crippen LogP) is 36.5. The van der Waals surface area contributed by atoms with Crippen LogP contribution in [0, 0.1) is 0 Å². The number of para-hydroxylation sites is 4. The van der Waals surface area contributed by atoms with Crippen LogP contribution in [0.5, 0.6) is 0 Å². The van der Waals surface area contributed by atoms with Crippen LogP contribution in [0.2, 0.25) is 0 Å². The molecule has 0 aliphatic rings. The average molecular weight is 1810 g/mol. The summed E-state index contributed by atoms with van der Waals surface area (Å²) in [6, 6.07) is -56.4. The van der Waals surface area contributed by atoms with Crippen molar-refractivity contribution in [3.8, 4) is 145 Å². The normalized spacial score (nSPS) is 19.1. The van der Waals surface area contributed by atoms with Crippen molar-refractivity contribution >= 4 is 77.7 Å². The molecule has 0 N–H and O–H groups in total. The lowest BCUT2D eigenvalue weighted by molar-refractivity contribution is 1.18. The van der Waals surface area contributed by atoms with Crippen LogP contribution < -0.4 is 9.80 Å². The number of nitrogens with zero attached hydrogens (tertiary/aromatic N) is 4. The summed E-state index contributed by atoms with van der Waals surface area (Å²) in [5.41, 5.74) is -25.6. The topological polar surface area (TPSA) is 16.3 Å². The average Bonchev–Trinajstić information content (AvgIpc) is 1.52. The molecule has 0 fully saturated rings. The van der Waals surface area contributed by atoms with Gasteiger partial charge in [-0.2, -0.15) is 0 Å². The van der Waals surface area contributed by atoms with Gasteiger partial charge >= 0.3 is 0 Å². The molecule has 0 saturated heterocycles. The van der Waals surface area contributed by atoms with Gasteiger partial charge in [0.25, 0.3) is 0 Å². The van der Waals surface area contributed by atoms with E-state index in [1.807, 2.05) is 83.4 Å². The van der Waals surface area contributed by atoms with Gasteiger partial charge in [0.2, 0.25) is 0 Å². The van der Waals surface area contributed by atoms with E-state index in [0.717, 1.165) is 27.7 Å². The van der Waals surface area contributed by atoms with Gasteiger partial charge in [0.15, 0.2) is 0 Å². The molecule has 0 spiro atoms. The summed E-state index contributed by atoms with van der Waals surface area (Å²) in [5, 5.41) is -0.380. The molecule has 0 unspecified atom stereocenters. The smallest absolute Gasteiger partial charge is 0.0645 e. The minimum Gasteiger partial charge on any atom is -0.311 e. The summed E-state index contributed by atoms with van der Waals surface area (Å²) < 4.78 is 695. The second-order valence-corrected chi connectivity index (χ2v) is 28.7. The molecule has 24 rings (SSSR count). The highest BCUT2D eigenvalue weighted by Crippen LogP contribution is 2.46. The summed E-state index contributed by atoms with van der Waals surface area (Å²) >= 11 is 0. The Hall–Kier alpha value is -18.0. The zero-order valence-electron chi connectivity index (χ0n) is 145. The van der Waals surface area contributed by atoms with Gasteiger partial charge in [-0.3, -0.25) is 0 Å². The van der Waals surface area contributed by atoms with Crippen LogP contribution in [0.1, 0.15) is 104 Å². The standard InChI is InChI=1S/2C66H46N2/c2*1-4-15-47(16-5-1)49-27-29-50(30-28-49)51-31-38-58(39-32-51)67(59-40-33-52(34-41-59)56-22-14-21-55(45-56)48-17-6-2-7-18-48)60-42-35-53(36-43-60)57-37-44-66-63(46-57)62-24-11-13-26-65(62)68(66)64-25-12-10-23-61(64)54-19-8-3-9-20-54/h2*1-46H/i1D,2D,3D,4D,5D,6D,7D,8D,9D,10D,11D,12D,13D,14D,15D,16D,17D,18D,19D,20D,21D,22D,23D,24D,25D,26D,27D,28D,29D,30D,31D,32D,33D,34D,35D,36D,37D,38D,39D,40D,41D,42D,43D,44D,45D,46D;1D,2D,4D,5D,6D,7D,14D,15D,16D,17D,18D,21D,22D,27D,28D,29D,30D,31D,32D,33D,34D,35D,36D,38D,39D,40D,41D,42D,43D,45D. The molecule has 24 aromatic rings. The Kier molecular flexibility index (Phi) is 9.46. The molecule has 0 amide bonds. The molecule has 0 saturated carbocycles. The molecular weight excluding hydrogens is 1640 g/mol. The zero-order valence-corrected chi connectivity index (χ0v) is 69.0. The quantitative estimate of drug-likeness (QED) is 0.0756. The molecule has 4 nitrogen and oxygen atoms in total. The second kappa shape index (κ2) is 37.1. The summed E-state index contributed by atoms with van der Waals surface area (Å²) in [7, 11) is 0. The molecule has 0 bridgehead atoms. The maximum Gasteiger partial charge on any atom is 0.0645 e. The molecule has 0 atom stereocenters. The van der Waals surface area contributed by atoms with E-state index in [-0.39, 0.29) is 16.0 Å². The Morgan fingerprint density at radius 3 is 0.897 bits per heavy atom. The molecule has 0 radical (unpaired) electrons. The number of aromatic nitrogens is 2. The van der Waals surface area contributed by atoms with Gasteiger partial charge in [-0.1, -0.05) is 423 Å². The first-order valence-electron chi connectivity index (χ1n) is 78.5. The minimum absolute atomic E-state index is 0.112. The van der Waals surface area contributed by atoms with Crippen LogP contribution >= 0.6 is 0 Å². The van der Waals surface area contributed by atoms with Gasteiger partial charge in [0.05, 0.1) is 138 Å². The number of anilines is 6. The molecule has 22 aromatic carbocycles. The highest BCUT2D eigenvalue weighted by molar-refractivity contribution is 6.13. The van der Waals surface area contributed by atoms with E-state index < -0.39 is 632 Å². The maximum atomic E-state index is 10.0. The van der Waals surface area contributed by atoms with Gasteiger partial charge in [-0.15, -0.1) is 0 Å². The van der Waals surface area contributed by atoms with Gasteiger partial charge in [-0.25, -0.2) is 0 Å². The van der Waals surface area contributed by atoms with Crippen molar-refractivity contribution in [3.05, 3.63) is 556 Å². The van der Waals surface area contributed by atoms with E-state index >= 15 is 0 Å². The van der Waals surface area contributed by atoms with Gasteiger partial charge < -0.3 is 18.9 Å². The fraction of sp³-hybridized carbons (Fsp3) is 0. The van der Waals surface area contributed by atoms with Gasteiger partial charge in [0.1, 0.15) is 0 Å². The number of rotatable bonds is 20. The van der Waals surface area contributed by atoms with Crippen molar-refractivity contribution < 1.29 is 104 Å². The van der Waals surface area contributed by atoms with Crippen LogP contribution in [0.15, 0.2) is 556 Å². The van der Waals surface area contributed by atoms with E-state index in [1.165, 1.54) is 0 Å². The highest BCUT2D eigenvalue weighted by atomic mass is 15.1. The molecule has 4 heteroatoms. The van der Waals surface area contributed by atoms with Crippen molar-refractivity contribution in [2.45, 2.75) is 0 Å². The molecule has 2 aromatic heterocycles.